The summed E-state index contributed by atoms with van der Waals surface area (Å²) in [5.41, 5.74) is -3.62. The lowest BCUT2D eigenvalue weighted by molar-refractivity contribution is -0.241. The lowest BCUT2D eigenvalue weighted by Crippen LogP contribution is -2.74. The standard InChI is InChI=1S/C26H43NO7/c1-6-27-12-23(13-31-2)8-7-18(33-4)25-16-9-14-17(32-3)11-24(29,10-15(16)19(14)28)26(30,22(25)27)21(34-5)20(23)25/h14-22,28-30H,6-13H2,1-5H3/t14-,15-,16-,17+,18+,19+,20-,21+,22+,23+,24-,25+,26-/m1/s1. The van der Waals surface area contributed by atoms with E-state index in [4.69, 9.17) is 18.9 Å². The molecule has 194 valence electrons. The molecule has 0 amide bonds. The van der Waals surface area contributed by atoms with Gasteiger partial charge in [-0.15, -0.1) is 0 Å². The normalized spacial score (nSPS) is 59.8. The third-order valence-corrected chi connectivity index (χ3v) is 11.7. The van der Waals surface area contributed by atoms with E-state index < -0.39 is 28.8 Å². The van der Waals surface area contributed by atoms with Gasteiger partial charge in [-0.05, 0) is 44.1 Å². The number of ether oxygens (including phenoxy) is 4. The Hall–Kier alpha value is -0.320. The molecule has 0 aromatic carbocycles. The maximum Gasteiger partial charge on any atom is 0.136 e. The molecule has 0 aromatic heterocycles. The number of piperidine rings is 1. The quantitative estimate of drug-likeness (QED) is 0.509. The minimum Gasteiger partial charge on any atom is -0.392 e. The van der Waals surface area contributed by atoms with Crippen LogP contribution in [0.5, 0.6) is 0 Å². The van der Waals surface area contributed by atoms with Gasteiger partial charge in [0.2, 0.25) is 0 Å². The van der Waals surface area contributed by atoms with E-state index in [1.54, 1.807) is 28.4 Å². The Kier molecular flexibility index (Phi) is 5.38. The molecule has 1 heterocycles. The Labute approximate surface area is 202 Å². The highest BCUT2D eigenvalue weighted by Gasteiger charge is 2.87. The summed E-state index contributed by atoms with van der Waals surface area (Å²) < 4.78 is 24.4. The maximum atomic E-state index is 13.1. The van der Waals surface area contributed by atoms with Crippen molar-refractivity contribution < 1.29 is 34.3 Å². The average molecular weight is 482 g/mol. The molecule has 8 bridgehead atoms. The topological polar surface area (TPSA) is 101 Å². The van der Waals surface area contributed by atoms with Gasteiger partial charge in [0, 0.05) is 64.1 Å². The highest BCUT2D eigenvalue weighted by Crippen LogP contribution is 2.77. The van der Waals surface area contributed by atoms with E-state index in [2.05, 4.69) is 11.8 Å². The number of fused-ring (bicyclic) bond motifs is 3. The second kappa shape index (κ2) is 7.60. The molecule has 13 atom stereocenters. The molecule has 0 radical (unpaired) electrons. The van der Waals surface area contributed by atoms with Gasteiger partial charge in [-0.25, -0.2) is 0 Å². The first-order valence-corrected chi connectivity index (χ1v) is 13.2. The number of methoxy groups -OCH3 is 4. The van der Waals surface area contributed by atoms with Crippen LogP contribution >= 0.6 is 0 Å². The van der Waals surface area contributed by atoms with Crippen LogP contribution < -0.4 is 0 Å². The van der Waals surface area contributed by atoms with Gasteiger partial charge >= 0.3 is 0 Å². The number of rotatable bonds is 6. The van der Waals surface area contributed by atoms with E-state index >= 15 is 0 Å². The lowest BCUT2D eigenvalue weighted by atomic mass is 9.45. The molecule has 1 saturated heterocycles. The van der Waals surface area contributed by atoms with Gasteiger partial charge in [0.1, 0.15) is 11.2 Å². The molecular formula is C26H43NO7. The molecule has 6 fully saturated rings. The molecule has 0 unspecified atom stereocenters. The Morgan fingerprint density at radius 1 is 1.00 bits per heavy atom. The Balaban J connectivity index is 1.69. The number of likely N-dealkylation sites (N-methyl/N-ethyl adjacent to an activating group) is 1. The monoisotopic (exact) mass is 481 g/mol. The van der Waals surface area contributed by atoms with E-state index in [0.717, 1.165) is 32.4 Å². The van der Waals surface area contributed by atoms with Crippen LogP contribution in [0.4, 0.5) is 0 Å². The van der Waals surface area contributed by atoms with E-state index in [1.807, 2.05) is 0 Å². The summed E-state index contributed by atoms with van der Waals surface area (Å²) in [6.45, 7) is 4.29. The SMILES string of the molecule is CCN1C[C@]2(COC)CC[C@H](OC)[C@@]34[C@@H]5C[C@H]6[C@H](O)[C@@H]5C[C@@](O)(C[C@@H]6OC)[C@@](O)([C@@H](OC)[C@H]23)[C@@H]14. The van der Waals surface area contributed by atoms with Crippen molar-refractivity contribution in [2.24, 2.45) is 34.5 Å². The van der Waals surface area contributed by atoms with Crippen molar-refractivity contribution in [3.05, 3.63) is 0 Å². The summed E-state index contributed by atoms with van der Waals surface area (Å²) in [5.74, 6) is -0.109. The fourth-order valence-corrected chi connectivity index (χ4v) is 11.1. The summed E-state index contributed by atoms with van der Waals surface area (Å²) in [6, 6.07) is -0.322. The van der Waals surface area contributed by atoms with Crippen LogP contribution in [-0.2, 0) is 18.9 Å². The zero-order valence-corrected chi connectivity index (χ0v) is 21.3. The van der Waals surface area contributed by atoms with E-state index in [0.29, 0.717) is 19.4 Å². The summed E-state index contributed by atoms with van der Waals surface area (Å²) in [5, 5.41) is 37.3. The van der Waals surface area contributed by atoms with Crippen LogP contribution in [0.2, 0.25) is 0 Å². The number of nitrogens with zero attached hydrogens (tertiary/aromatic N) is 1. The lowest BCUT2D eigenvalue weighted by Gasteiger charge is -2.66. The van der Waals surface area contributed by atoms with Gasteiger partial charge in [-0.2, -0.15) is 0 Å². The second-order valence-corrected chi connectivity index (χ2v) is 12.4. The predicted molar refractivity (Wildman–Crippen MR) is 123 cm³/mol. The van der Waals surface area contributed by atoms with E-state index in [1.165, 1.54) is 0 Å². The first-order valence-electron chi connectivity index (χ1n) is 13.2. The largest absolute Gasteiger partial charge is 0.392 e. The first kappa shape index (κ1) is 24.0. The molecule has 8 nitrogen and oxygen atoms in total. The molecule has 5 aliphatic carbocycles. The van der Waals surface area contributed by atoms with Crippen molar-refractivity contribution in [3.8, 4) is 0 Å². The number of hydrogen-bond donors (Lipinski definition) is 3. The van der Waals surface area contributed by atoms with Crippen LogP contribution in [0, 0.1) is 34.5 Å². The maximum absolute atomic E-state index is 13.1. The molecule has 6 rings (SSSR count). The van der Waals surface area contributed by atoms with E-state index in [-0.39, 0.29) is 47.3 Å². The Morgan fingerprint density at radius 3 is 2.38 bits per heavy atom. The third-order valence-electron chi connectivity index (χ3n) is 11.7. The zero-order valence-electron chi connectivity index (χ0n) is 21.3. The number of hydrogen-bond acceptors (Lipinski definition) is 8. The molecule has 6 aliphatic rings. The fourth-order valence-electron chi connectivity index (χ4n) is 11.1. The summed E-state index contributed by atoms with van der Waals surface area (Å²) in [7, 11) is 6.90. The van der Waals surface area contributed by atoms with Crippen molar-refractivity contribution in [2.45, 2.75) is 80.7 Å². The van der Waals surface area contributed by atoms with Crippen molar-refractivity contribution >= 4 is 0 Å². The average Bonchev–Trinajstić information content (AvgIpc) is 3.16. The van der Waals surface area contributed by atoms with Gasteiger partial charge in [-0.1, -0.05) is 6.92 Å². The van der Waals surface area contributed by atoms with Crippen LogP contribution in [0.15, 0.2) is 0 Å². The fraction of sp³-hybridized carbons (Fsp3) is 1.00. The molecule has 3 N–H and O–H groups in total. The van der Waals surface area contributed by atoms with Gasteiger partial charge in [0.15, 0.2) is 0 Å². The van der Waals surface area contributed by atoms with Gasteiger partial charge in [0.25, 0.3) is 0 Å². The van der Waals surface area contributed by atoms with Crippen LogP contribution in [0.3, 0.4) is 0 Å². The number of aliphatic hydroxyl groups excluding tert-OH is 1. The summed E-state index contributed by atoms with van der Waals surface area (Å²) in [4.78, 5) is 2.40. The second-order valence-electron chi connectivity index (χ2n) is 12.4. The molecular weight excluding hydrogens is 438 g/mol. The van der Waals surface area contributed by atoms with Crippen molar-refractivity contribution in [3.63, 3.8) is 0 Å². The minimum absolute atomic E-state index is 0.0363. The molecule has 34 heavy (non-hydrogen) atoms. The smallest absolute Gasteiger partial charge is 0.136 e. The van der Waals surface area contributed by atoms with Crippen LogP contribution in [0.1, 0.15) is 39.0 Å². The van der Waals surface area contributed by atoms with Crippen LogP contribution in [-0.4, -0.2) is 110 Å². The molecule has 0 aromatic rings. The summed E-state index contributed by atoms with van der Waals surface area (Å²) in [6.07, 6.45) is 1.78. The summed E-state index contributed by atoms with van der Waals surface area (Å²) >= 11 is 0. The molecule has 1 spiro atoms. The first-order chi connectivity index (χ1) is 16.2. The van der Waals surface area contributed by atoms with Gasteiger partial charge in [-0.3, -0.25) is 4.90 Å². The van der Waals surface area contributed by atoms with Gasteiger partial charge in [0.05, 0.1) is 37.1 Å². The van der Waals surface area contributed by atoms with Crippen molar-refractivity contribution in [2.75, 3.05) is 48.1 Å². The number of aliphatic hydroxyl groups is 3. The molecule has 1 aliphatic heterocycles. The minimum atomic E-state index is -1.51. The van der Waals surface area contributed by atoms with Gasteiger partial charge < -0.3 is 34.3 Å². The highest BCUT2D eigenvalue weighted by molar-refractivity contribution is 5.38. The molecule has 5 saturated carbocycles. The van der Waals surface area contributed by atoms with Crippen molar-refractivity contribution in [1.29, 1.82) is 0 Å². The third kappa shape index (κ3) is 2.39. The van der Waals surface area contributed by atoms with Crippen molar-refractivity contribution in [1.82, 2.24) is 4.90 Å². The highest BCUT2D eigenvalue weighted by atomic mass is 16.5. The Morgan fingerprint density at radius 2 is 1.76 bits per heavy atom. The predicted octanol–water partition coefficient (Wildman–Crippen LogP) is 0.661. The molecule has 8 heteroatoms. The van der Waals surface area contributed by atoms with E-state index in [9.17, 15) is 15.3 Å². The van der Waals surface area contributed by atoms with Crippen LogP contribution in [0.25, 0.3) is 0 Å². The Bertz CT molecular complexity index is 829. The zero-order chi connectivity index (χ0) is 24.3. The number of likely N-dealkylation sites (tertiary alicyclic amines) is 1.